The van der Waals surface area contributed by atoms with E-state index in [1.165, 1.54) is 6.07 Å². The first kappa shape index (κ1) is 18.8. The molecule has 1 aromatic carbocycles. The zero-order valence-corrected chi connectivity index (χ0v) is 16.6. The van der Waals surface area contributed by atoms with Crippen LogP contribution in [-0.4, -0.2) is 70.4 Å². The second kappa shape index (κ2) is 6.51. The summed E-state index contributed by atoms with van der Waals surface area (Å²) >= 11 is 0. The minimum Gasteiger partial charge on any atom is -0.482 e. The van der Waals surface area contributed by atoms with Crippen molar-refractivity contribution in [1.82, 2.24) is 9.58 Å². The van der Waals surface area contributed by atoms with E-state index in [-0.39, 0.29) is 35.6 Å². The first-order valence-electron chi connectivity index (χ1n) is 9.39. The van der Waals surface area contributed by atoms with Gasteiger partial charge in [0.25, 0.3) is 5.91 Å². The zero-order chi connectivity index (χ0) is 20.1. The van der Waals surface area contributed by atoms with Crippen LogP contribution in [0.3, 0.4) is 0 Å². The molecule has 7 nitrogen and oxygen atoms in total. The van der Waals surface area contributed by atoms with Crippen LogP contribution in [-0.2, 0) is 11.3 Å². The maximum absolute atomic E-state index is 13.5. The molecule has 1 saturated heterocycles. The zero-order valence-electron chi connectivity index (χ0n) is 16.6. The summed E-state index contributed by atoms with van der Waals surface area (Å²) in [6, 6.07) is 11.0. The topological polar surface area (TPSA) is 72.8 Å². The molecule has 2 aliphatic heterocycles. The van der Waals surface area contributed by atoms with Gasteiger partial charge in [-0.05, 0) is 10.9 Å². The lowest BCUT2D eigenvalue weighted by Gasteiger charge is -2.59. The smallest absolute Gasteiger partial charge is 0.277 e. The van der Waals surface area contributed by atoms with Gasteiger partial charge in [-0.3, -0.25) is 14.3 Å². The molecule has 1 aromatic heterocycles. The third-order valence-corrected chi connectivity index (χ3v) is 5.98. The molecule has 1 amide bonds. The fraction of sp³-hybridized carbons (Fsp3) is 0.294. The predicted octanol–water partition coefficient (Wildman–Crippen LogP) is -3.38. The number of carbonyl (C=O) groups is 1. The lowest BCUT2D eigenvalue weighted by atomic mass is 9.38. The molecule has 1 atom stereocenters. The molecule has 2 aliphatic rings. The summed E-state index contributed by atoms with van der Waals surface area (Å²) in [6.45, 7) is 0.565. The Balaban J connectivity index is 1.74. The highest BCUT2D eigenvalue weighted by Crippen LogP contribution is 2.34. The fourth-order valence-corrected chi connectivity index (χ4v) is 3.68. The maximum atomic E-state index is 13.5. The van der Waals surface area contributed by atoms with Gasteiger partial charge in [0.2, 0.25) is 5.43 Å². The van der Waals surface area contributed by atoms with Crippen LogP contribution in [0.4, 0.5) is 0 Å². The van der Waals surface area contributed by atoms with E-state index in [0.29, 0.717) is 6.61 Å². The second-order valence-electron chi connectivity index (χ2n) is 8.20. The summed E-state index contributed by atoms with van der Waals surface area (Å²) in [5.41, 5.74) is 4.08. The Morgan fingerprint density at radius 1 is 1.14 bits per heavy atom. The van der Waals surface area contributed by atoms with E-state index in [0.717, 1.165) is 5.56 Å². The molecule has 4 rings (SSSR count). The molecule has 11 heteroatoms. The number of nitrogens with zero attached hydrogens (tertiary/aromatic N) is 2. The lowest BCUT2D eigenvalue weighted by Crippen LogP contribution is -2.78. The molecule has 3 heterocycles. The number of carbonyl (C=O) groups excluding carboxylic acids is 1. The number of pyridine rings is 1. The van der Waals surface area contributed by atoms with Crippen LogP contribution in [0.25, 0.3) is 0 Å². The van der Waals surface area contributed by atoms with Crippen LogP contribution in [0, 0.1) is 0 Å². The van der Waals surface area contributed by atoms with Gasteiger partial charge in [0.05, 0.1) is 6.61 Å². The second-order valence-corrected chi connectivity index (χ2v) is 8.20. The molecular weight excluding hydrogens is 353 g/mol. The minimum atomic E-state index is -0.589. The summed E-state index contributed by atoms with van der Waals surface area (Å²) in [5, 5.41) is -1.13. The van der Waals surface area contributed by atoms with Crippen molar-refractivity contribution < 1.29 is 14.3 Å². The number of fused-ring (bicyclic) bond motifs is 2. The monoisotopic (exact) mass is 375 g/mol. The first-order chi connectivity index (χ1) is 13.2. The molecule has 140 valence electrons. The van der Waals surface area contributed by atoms with E-state index in [9.17, 15) is 9.59 Å². The van der Waals surface area contributed by atoms with Crippen molar-refractivity contribution in [3.63, 3.8) is 0 Å². The van der Waals surface area contributed by atoms with Gasteiger partial charge in [-0.15, -0.1) is 0 Å². The molecule has 0 spiro atoms. The summed E-state index contributed by atoms with van der Waals surface area (Å²) < 4.78 is 13.4. The van der Waals surface area contributed by atoms with E-state index in [1.807, 2.05) is 61.7 Å². The van der Waals surface area contributed by atoms with E-state index >= 15 is 0 Å². The average Bonchev–Trinajstić information content (AvgIpc) is 2.65. The van der Waals surface area contributed by atoms with Crippen LogP contribution in [0.5, 0.6) is 5.75 Å². The van der Waals surface area contributed by atoms with Crippen molar-refractivity contribution in [1.29, 1.82) is 0 Å². The van der Waals surface area contributed by atoms with Crippen molar-refractivity contribution in [3.05, 3.63) is 64.1 Å². The standard InChI is InChI=1S/C17H21B4N3O4/c18-16(19)17(20,21)28-9-12-22-23-7-6-11(25)14(13(23)15(26)24(12)16)27-8-10-4-2-1-3-5-10/h1-7,12,22H,8-9,18-21H2. The summed E-state index contributed by atoms with van der Waals surface area (Å²) in [4.78, 5) is 27.8. The molecule has 0 bridgehead atoms. The van der Waals surface area contributed by atoms with Gasteiger partial charge in [0.1, 0.15) is 44.2 Å². The summed E-state index contributed by atoms with van der Waals surface area (Å²) in [6.07, 6.45) is 1.24. The molecule has 1 unspecified atom stereocenters. The molecule has 1 N–H and O–H groups in total. The number of hydrogen-bond acceptors (Lipinski definition) is 5. The largest absolute Gasteiger partial charge is 0.482 e. The van der Waals surface area contributed by atoms with Crippen molar-refractivity contribution in [2.24, 2.45) is 0 Å². The van der Waals surface area contributed by atoms with Crippen LogP contribution >= 0.6 is 0 Å². The van der Waals surface area contributed by atoms with Gasteiger partial charge in [0, 0.05) is 17.7 Å². The number of aromatic nitrogens is 1. The third-order valence-electron chi connectivity index (χ3n) is 5.98. The van der Waals surface area contributed by atoms with Gasteiger partial charge in [0.15, 0.2) is 11.4 Å². The van der Waals surface area contributed by atoms with Gasteiger partial charge in [-0.2, -0.15) is 0 Å². The number of amides is 1. The number of benzene rings is 1. The van der Waals surface area contributed by atoms with Crippen molar-refractivity contribution >= 4 is 37.3 Å². The highest BCUT2D eigenvalue weighted by atomic mass is 16.5. The quantitative estimate of drug-likeness (QED) is 0.568. The van der Waals surface area contributed by atoms with E-state index in [4.69, 9.17) is 9.47 Å². The minimum absolute atomic E-state index is 0.0578. The van der Waals surface area contributed by atoms with Gasteiger partial charge >= 0.3 is 0 Å². The normalized spacial score (nSPS) is 21.9. The van der Waals surface area contributed by atoms with Crippen LogP contribution in [0.2, 0.25) is 0 Å². The van der Waals surface area contributed by atoms with Gasteiger partial charge < -0.3 is 19.8 Å². The van der Waals surface area contributed by atoms with E-state index in [2.05, 4.69) is 5.43 Å². The number of hydrogen-bond donors (Lipinski definition) is 1. The predicted molar refractivity (Wildman–Crippen MR) is 116 cm³/mol. The molecule has 2 aromatic rings. The Hall–Kier alpha value is -2.54. The number of morpholine rings is 1. The lowest BCUT2D eigenvalue weighted by molar-refractivity contribution is -0.0648. The molecule has 0 aliphatic carbocycles. The molecule has 0 radical (unpaired) electrons. The average molecular weight is 375 g/mol. The van der Waals surface area contributed by atoms with Gasteiger partial charge in [-0.25, -0.2) is 0 Å². The SMILES string of the molecule is BC1(B)OCC2Nn3ccc(=O)c(OCc4ccccc4)c3C(=O)N2C1(B)B. The first-order valence-corrected chi connectivity index (χ1v) is 9.39. The molecular formula is C17H21B4N3O4. The van der Waals surface area contributed by atoms with E-state index < -0.39 is 10.7 Å². The summed E-state index contributed by atoms with van der Waals surface area (Å²) in [5.74, 6) is -0.187. The van der Waals surface area contributed by atoms with Crippen LogP contribution in [0.1, 0.15) is 16.1 Å². The van der Waals surface area contributed by atoms with Gasteiger partial charge in [-0.1, -0.05) is 30.3 Å². The molecule has 0 saturated carbocycles. The Bertz CT molecular complexity index is 980. The number of rotatable bonds is 3. The Kier molecular flexibility index (Phi) is 4.38. The Labute approximate surface area is 167 Å². The highest BCUT2D eigenvalue weighted by Gasteiger charge is 2.53. The fourth-order valence-electron chi connectivity index (χ4n) is 3.68. The van der Waals surface area contributed by atoms with Crippen LogP contribution < -0.4 is 15.6 Å². The van der Waals surface area contributed by atoms with Crippen molar-refractivity contribution in [2.45, 2.75) is 23.5 Å². The summed E-state index contributed by atoms with van der Waals surface area (Å²) in [7, 11) is 7.88. The number of ether oxygens (including phenoxy) is 2. The highest BCUT2D eigenvalue weighted by molar-refractivity contribution is 6.54. The molecule has 1 fully saturated rings. The Morgan fingerprint density at radius 2 is 1.86 bits per heavy atom. The van der Waals surface area contributed by atoms with E-state index in [1.54, 1.807) is 15.8 Å². The molecule has 28 heavy (non-hydrogen) atoms. The number of nitrogens with one attached hydrogen (secondary N) is 1. The van der Waals surface area contributed by atoms with Crippen LogP contribution in [0.15, 0.2) is 47.4 Å². The van der Waals surface area contributed by atoms with Crippen molar-refractivity contribution in [2.75, 3.05) is 12.0 Å². The Morgan fingerprint density at radius 3 is 2.57 bits per heavy atom. The third kappa shape index (κ3) is 2.85. The van der Waals surface area contributed by atoms with Crippen molar-refractivity contribution in [3.8, 4) is 5.75 Å². The maximum Gasteiger partial charge on any atom is 0.277 e.